The Balaban J connectivity index is 2.08. The van der Waals surface area contributed by atoms with Crippen LogP contribution in [0.3, 0.4) is 0 Å². The minimum atomic E-state index is -0.0857. The van der Waals surface area contributed by atoms with Gasteiger partial charge in [-0.2, -0.15) is 0 Å². The van der Waals surface area contributed by atoms with Gasteiger partial charge in [-0.1, -0.05) is 23.7 Å². The SMILES string of the molecule is Cc1cccc(Cl)c1NC(=O)Cn1cccc1. The van der Waals surface area contributed by atoms with Crippen molar-refractivity contribution < 1.29 is 4.79 Å². The van der Waals surface area contributed by atoms with E-state index in [4.69, 9.17) is 11.6 Å². The van der Waals surface area contributed by atoms with E-state index in [1.807, 2.05) is 48.1 Å². The second-order valence-corrected chi connectivity index (χ2v) is 4.24. The molecule has 0 fully saturated rings. The van der Waals surface area contributed by atoms with Crippen LogP contribution in [0.15, 0.2) is 42.7 Å². The molecule has 0 unspecified atom stereocenters. The number of aryl methyl sites for hydroxylation is 1. The Hall–Kier alpha value is -1.74. The lowest BCUT2D eigenvalue weighted by Crippen LogP contribution is -2.18. The van der Waals surface area contributed by atoms with Crippen LogP contribution in [0.1, 0.15) is 5.56 Å². The highest BCUT2D eigenvalue weighted by molar-refractivity contribution is 6.33. The first-order valence-corrected chi connectivity index (χ1v) is 5.70. The fraction of sp³-hybridized carbons (Fsp3) is 0.154. The Morgan fingerprint density at radius 3 is 2.65 bits per heavy atom. The van der Waals surface area contributed by atoms with E-state index in [1.165, 1.54) is 0 Å². The van der Waals surface area contributed by atoms with Crippen LogP contribution in [-0.2, 0) is 11.3 Å². The molecule has 0 spiro atoms. The summed E-state index contributed by atoms with van der Waals surface area (Å²) < 4.78 is 1.81. The molecule has 0 saturated carbocycles. The van der Waals surface area contributed by atoms with Crippen LogP contribution in [0, 0.1) is 6.92 Å². The van der Waals surface area contributed by atoms with Gasteiger partial charge >= 0.3 is 0 Å². The number of benzene rings is 1. The van der Waals surface area contributed by atoms with E-state index in [0.29, 0.717) is 10.7 Å². The minimum Gasteiger partial charge on any atom is -0.345 e. The smallest absolute Gasteiger partial charge is 0.244 e. The van der Waals surface area contributed by atoms with Crippen LogP contribution in [-0.4, -0.2) is 10.5 Å². The number of hydrogen-bond acceptors (Lipinski definition) is 1. The molecule has 1 aromatic heterocycles. The van der Waals surface area contributed by atoms with E-state index in [0.717, 1.165) is 5.56 Å². The number of carbonyl (C=O) groups is 1. The number of rotatable bonds is 3. The molecule has 2 aromatic rings. The Morgan fingerprint density at radius 1 is 1.29 bits per heavy atom. The first-order valence-electron chi connectivity index (χ1n) is 5.32. The summed E-state index contributed by atoms with van der Waals surface area (Å²) in [5, 5.41) is 3.39. The number of anilines is 1. The molecule has 0 atom stereocenters. The van der Waals surface area contributed by atoms with E-state index >= 15 is 0 Å². The molecular formula is C13H13ClN2O. The van der Waals surface area contributed by atoms with Crippen molar-refractivity contribution in [3.05, 3.63) is 53.3 Å². The zero-order chi connectivity index (χ0) is 12.3. The number of para-hydroxylation sites is 1. The van der Waals surface area contributed by atoms with E-state index < -0.39 is 0 Å². The van der Waals surface area contributed by atoms with Crippen LogP contribution >= 0.6 is 11.6 Å². The van der Waals surface area contributed by atoms with E-state index in [1.54, 1.807) is 6.07 Å². The van der Waals surface area contributed by atoms with Crippen LogP contribution in [0.5, 0.6) is 0 Å². The van der Waals surface area contributed by atoms with Crippen molar-refractivity contribution in [3.63, 3.8) is 0 Å². The molecule has 1 amide bonds. The molecule has 0 aliphatic rings. The summed E-state index contributed by atoms with van der Waals surface area (Å²) in [7, 11) is 0. The average Bonchev–Trinajstić information content (AvgIpc) is 2.76. The topological polar surface area (TPSA) is 34.0 Å². The third kappa shape index (κ3) is 2.88. The van der Waals surface area contributed by atoms with Crippen LogP contribution < -0.4 is 5.32 Å². The first kappa shape index (κ1) is 11.7. The maximum absolute atomic E-state index is 11.8. The predicted molar refractivity (Wildman–Crippen MR) is 69.3 cm³/mol. The van der Waals surface area contributed by atoms with E-state index in [-0.39, 0.29) is 12.5 Å². The highest BCUT2D eigenvalue weighted by Gasteiger charge is 2.08. The average molecular weight is 249 g/mol. The van der Waals surface area contributed by atoms with Gasteiger partial charge in [-0.25, -0.2) is 0 Å². The van der Waals surface area contributed by atoms with Gasteiger partial charge in [0.1, 0.15) is 6.54 Å². The van der Waals surface area contributed by atoms with Gasteiger partial charge in [-0.3, -0.25) is 4.79 Å². The number of nitrogens with one attached hydrogen (secondary N) is 1. The van der Waals surface area contributed by atoms with Gasteiger partial charge in [0.15, 0.2) is 0 Å². The van der Waals surface area contributed by atoms with Gasteiger partial charge in [0.2, 0.25) is 5.91 Å². The normalized spacial score (nSPS) is 10.2. The molecular weight excluding hydrogens is 236 g/mol. The summed E-state index contributed by atoms with van der Waals surface area (Å²) >= 11 is 6.03. The summed E-state index contributed by atoms with van der Waals surface area (Å²) in [5.74, 6) is -0.0857. The molecule has 4 heteroatoms. The monoisotopic (exact) mass is 248 g/mol. The van der Waals surface area contributed by atoms with Crippen molar-refractivity contribution >= 4 is 23.2 Å². The Labute approximate surface area is 105 Å². The zero-order valence-electron chi connectivity index (χ0n) is 9.48. The quantitative estimate of drug-likeness (QED) is 0.890. The van der Waals surface area contributed by atoms with Gasteiger partial charge in [0.05, 0.1) is 10.7 Å². The molecule has 0 saturated heterocycles. The Morgan fingerprint density at radius 2 is 2.00 bits per heavy atom. The van der Waals surface area contributed by atoms with Crippen molar-refractivity contribution in [2.45, 2.75) is 13.5 Å². The van der Waals surface area contributed by atoms with Gasteiger partial charge in [0.25, 0.3) is 0 Å². The standard InChI is InChI=1S/C13H13ClN2O/c1-10-5-4-6-11(14)13(10)15-12(17)9-16-7-2-3-8-16/h2-8H,9H2,1H3,(H,15,17). The zero-order valence-corrected chi connectivity index (χ0v) is 10.2. The van der Waals surface area contributed by atoms with Crippen LogP contribution in [0.4, 0.5) is 5.69 Å². The van der Waals surface area contributed by atoms with Crippen molar-refractivity contribution in [2.75, 3.05) is 5.32 Å². The van der Waals surface area contributed by atoms with Crippen molar-refractivity contribution in [1.82, 2.24) is 4.57 Å². The van der Waals surface area contributed by atoms with Gasteiger partial charge in [0, 0.05) is 12.4 Å². The molecule has 1 aromatic carbocycles. The van der Waals surface area contributed by atoms with Crippen LogP contribution in [0.25, 0.3) is 0 Å². The predicted octanol–water partition coefficient (Wildman–Crippen LogP) is 3.09. The van der Waals surface area contributed by atoms with Crippen molar-refractivity contribution in [3.8, 4) is 0 Å². The highest BCUT2D eigenvalue weighted by Crippen LogP contribution is 2.25. The number of nitrogens with zero attached hydrogens (tertiary/aromatic N) is 1. The van der Waals surface area contributed by atoms with Crippen molar-refractivity contribution in [1.29, 1.82) is 0 Å². The Bertz CT molecular complexity index is 500. The number of halogens is 1. The number of carbonyl (C=O) groups excluding carboxylic acids is 1. The molecule has 3 nitrogen and oxygen atoms in total. The lowest BCUT2D eigenvalue weighted by atomic mass is 10.2. The molecule has 17 heavy (non-hydrogen) atoms. The molecule has 0 radical (unpaired) electrons. The largest absolute Gasteiger partial charge is 0.345 e. The highest BCUT2D eigenvalue weighted by atomic mass is 35.5. The summed E-state index contributed by atoms with van der Waals surface area (Å²) in [6.45, 7) is 2.20. The van der Waals surface area contributed by atoms with Gasteiger partial charge < -0.3 is 9.88 Å². The molecule has 1 heterocycles. The van der Waals surface area contributed by atoms with E-state index in [9.17, 15) is 4.79 Å². The van der Waals surface area contributed by atoms with Crippen LogP contribution in [0.2, 0.25) is 5.02 Å². The molecule has 2 rings (SSSR count). The first-order chi connectivity index (χ1) is 8.16. The maximum atomic E-state index is 11.8. The van der Waals surface area contributed by atoms with Gasteiger partial charge in [-0.15, -0.1) is 0 Å². The number of amides is 1. The third-order valence-electron chi connectivity index (χ3n) is 2.48. The Kier molecular flexibility index (Phi) is 3.49. The fourth-order valence-electron chi connectivity index (χ4n) is 1.61. The van der Waals surface area contributed by atoms with E-state index in [2.05, 4.69) is 5.32 Å². The minimum absolute atomic E-state index is 0.0857. The summed E-state index contributed by atoms with van der Waals surface area (Å²) in [6.07, 6.45) is 3.69. The molecule has 1 N–H and O–H groups in total. The number of hydrogen-bond donors (Lipinski definition) is 1. The summed E-state index contributed by atoms with van der Waals surface area (Å²) in [5.41, 5.74) is 1.64. The third-order valence-corrected chi connectivity index (χ3v) is 2.79. The molecule has 0 bridgehead atoms. The molecule has 0 aliphatic heterocycles. The lowest BCUT2D eigenvalue weighted by molar-refractivity contribution is -0.116. The summed E-state index contributed by atoms with van der Waals surface area (Å²) in [4.78, 5) is 11.8. The lowest BCUT2D eigenvalue weighted by Gasteiger charge is -2.10. The second kappa shape index (κ2) is 5.06. The van der Waals surface area contributed by atoms with Gasteiger partial charge in [-0.05, 0) is 30.7 Å². The number of aromatic nitrogens is 1. The fourth-order valence-corrected chi connectivity index (χ4v) is 1.88. The molecule has 88 valence electrons. The summed E-state index contributed by atoms with van der Waals surface area (Å²) in [6, 6.07) is 9.30. The second-order valence-electron chi connectivity index (χ2n) is 3.84. The van der Waals surface area contributed by atoms with Crippen molar-refractivity contribution in [2.24, 2.45) is 0 Å². The maximum Gasteiger partial charge on any atom is 0.244 e. The molecule has 0 aliphatic carbocycles.